The summed E-state index contributed by atoms with van der Waals surface area (Å²) in [4.78, 5) is 38.2. The second kappa shape index (κ2) is 6.99. The maximum atomic E-state index is 12.4. The highest BCUT2D eigenvalue weighted by molar-refractivity contribution is 6.21. The van der Waals surface area contributed by atoms with E-state index in [-0.39, 0.29) is 30.2 Å². The molecule has 2 aromatic rings. The zero-order chi connectivity index (χ0) is 20.8. The number of benzene rings is 2. The van der Waals surface area contributed by atoms with Crippen LogP contribution in [0.3, 0.4) is 0 Å². The summed E-state index contributed by atoms with van der Waals surface area (Å²) in [5.74, 6) is -0.728. The normalized spacial score (nSPS) is 16.9. The molecular formula is C24H23NO4. The minimum atomic E-state index is -0.473. The lowest BCUT2D eigenvalue weighted by atomic mass is 9.76. The summed E-state index contributed by atoms with van der Waals surface area (Å²) in [6, 6.07) is 12.4. The third-order valence-electron chi connectivity index (χ3n) is 5.41. The Morgan fingerprint density at radius 1 is 1.03 bits per heavy atom. The standard InChI is InChI=1S/C24H23NO4/c1-15-13-24(2,3)14-16-8-9-17(12-20(15)16)29-21(26)10-11-25-22(27)18-6-4-5-7-19(18)23(25)28/h4-9,12-13H,10-11,14H2,1-3H3. The minimum Gasteiger partial charge on any atom is -0.426 e. The molecule has 5 nitrogen and oxygen atoms in total. The Labute approximate surface area is 170 Å². The van der Waals surface area contributed by atoms with E-state index in [0.29, 0.717) is 16.9 Å². The number of hydrogen-bond donors (Lipinski definition) is 0. The quantitative estimate of drug-likeness (QED) is 0.445. The molecule has 0 saturated heterocycles. The fourth-order valence-electron chi connectivity index (χ4n) is 4.17. The molecule has 1 aliphatic heterocycles. The van der Waals surface area contributed by atoms with Gasteiger partial charge in [0.15, 0.2) is 0 Å². The van der Waals surface area contributed by atoms with Crippen molar-refractivity contribution in [2.45, 2.75) is 33.6 Å². The zero-order valence-corrected chi connectivity index (χ0v) is 16.8. The molecule has 0 N–H and O–H groups in total. The maximum absolute atomic E-state index is 12.4. The van der Waals surface area contributed by atoms with Gasteiger partial charge in [0.2, 0.25) is 0 Å². The Morgan fingerprint density at radius 3 is 2.34 bits per heavy atom. The van der Waals surface area contributed by atoms with Crippen LogP contribution in [0.4, 0.5) is 0 Å². The maximum Gasteiger partial charge on any atom is 0.312 e. The van der Waals surface area contributed by atoms with Crippen LogP contribution in [0.25, 0.3) is 5.57 Å². The summed E-state index contributed by atoms with van der Waals surface area (Å²) in [5.41, 5.74) is 4.37. The van der Waals surface area contributed by atoms with Gasteiger partial charge < -0.3 is 4.74 Å². The number of esters is 1. The van der Waals surface area contributed by atoms with Crippen LogP contribution < -0.4 is 4.74 Å². The van der Waals surface area contributed by atoms with Crippen LogP contribution in [0.15, 0.2) is 48.5 Å². The number of carbonyl (C=O) groups is 3. The highest BCUT2D eigenvalue weighted by Gasteiger charge is 2.35. The molecule has 0 spiro atoms. The monoisotopic (exact) mass is 389 g/mol. The van der Waals surface area contributed by atoms with Gasteiger partial charge in [0.25, 0.3) is 11.8 Å². The van der Waals surface area contributed by atoms with E-state index >= 15 is 0 Å². The van der Waals surface area contributed by atoms with E-state index in [0.717, 1.165) is 16.9 Å². The Balaban J connectivity index is 1.41. The number of ether oxygens (including phenoxy) is 1. The summed E-state index contributed by atoms with van der Waals surface area (Å²) in [7, 11) is 0. The molecule has 0 unspecified atom stereocenters. The first-order chi connectivity index (χ1) is 13.7. The molecule has 29 heavy (non-hydrogen) atoms. The van der Waals surface area contributed by atoms with Crippen molar-refractivity contribution in [3.05, 3.63) is 70.8 Å². The Bertz CT molecular complexity index is 1030. The molecule has 148 valence electrons. The van der Waals surface area contributed by atoms with E-state index in [1.807, 2.05) is 12.1 Å². The molecule has 2 amide bonds. The lowest BCUT2D eigenvalue weighted by Gasteiger charge is -2.29. The summed E-state index contributed by atoms with van der Waals surface area (Å²) >= 11 is 0. The number of allylic oxidation sites excluding steroid dienone is 2. The topological polar surface area (TPSA) is 63.7 Å². The largest absolute Gasteiger partial charge is 0.426 e. The van der Waals surface area contributed by atoms with Gasteiger partial charge in [-0.3, -0.25) is 19.3 Å². The van der Waals surface area contributed by atoms with E-state index in [1.165, 1.54) is 11.1 Å². The van der Waals surface area contributed by atoms with Gasteiger partial charge in [0.05, 0.1) is 17.5 Å². The van der Waals surface area contributed by atoms with Crippen LogP contribution in [0.1, 0.15) is 59.0 Å². The fourth-order valence-corrected chi connectivity index (χ4v) is 4.17. The average Bonchev–Trinajstić information content (AvgIpc) is 2.91. The molecule has 0 radical (unpaired) electrons. The molecule has 0 bridgehead atoms. The van der Waals surface area contributed by atoms with Gasteiger partial charge in [-0.15, -0.1) is 0 Å². The van der Waals surface area contributed by atoms with Crippen LogP contribution in [0.5, 0.6) is 5.75 Å². The Morgan fingerprint density at radius 2 is 1.69 bits per heavy atom. The Hall–Kier alpha value is -3.21. The van der Waals surface area contributed by atoms with E-state index < -0.39 is 5.97 Å². The first kappa shape index (κ1) is 19.1. The SMILES string of the molecule is CC1=CC(C)(C)Cc2ccc(OC(=O)CCN3C(=O)c4ccccc4C3=O)cc21. The van der Waals surface area contributed by atoms with Crippen molar-refractivity contribution in [3.8, 4) is 5.75 Å². The third kappa shape index (κ3) is 3.60. The van der Waals surface area contributed by atoms with Crippen molar-refractivity contribution in [3.63, 3.8) is 0 Å². The molecule has 5 heteroatoms. The second-order valence-electron chi connectivity index (χ2n) is 8.34. The predicted molar refractivity (Wildman–Crippen MR) is 110 cm³/mol. The number of nitrogens with zero attached hydrogens (tertiary/aromatic N) is 1. The molecule has 0 fully saturated rings. The van der Waals surface area contributed by atoms with Crippen LogP contribution in [0.2, 0.25) is 0 Å². The van der Waals surface area contributed by atoms with Crippen LogP contribution >= 0.6 is 0 Å². The molecule has 2 aliphatic rings. The Kier molecular flexibility index (Phi) is 4.61. The van der Waals surface area contributed by atoms with Crippen LogP contribution in [-0.2, 0) is 11.2 Å². The number of carbonyl (C=O) groups excluding carboxylic acids is 3. The predicted octanol–water partition coefficient (Wildman–Crippen LogP) is 4.26. The van der Waals surface area contributed by atoms with Crippen LogP contribution in [0, 0.1) is 5.41 Å². The number of hydrogen-bond acceptors (Lipinski definition) is 4. The zero-order valence-electron chi connectivity index (χ0n) is 16.8. The summed E-state index contributed by atoms with van der Waals surface area (Å²) in [6.07, 6.45) is 3.13. The molecule has 0 saturated carbocycles. The smallest absolute Gasteiger partial charge is 0.312 e. The summed E-state index contributed by atoms with van der Waals surface area (Å²) in [5, 5.41) is 0. The van der Waals surface area contributed by atoms with Gasteiger partial charge in [-0.25, -0.2) is 0 Å². The van der Waals surface area contributed by atoms with E-state index in [4.69, 9.17) is 4.74 Å². The molecule has 0 atom stereocenters. The fraction of sp³-hybridized carbons (Fsp3) is 0.292. The van der Waals surface area contributed by atoms with Gasteiger partial charge in [-0.05, 0) is 59.7 Å². The van der Waals surface area contributed by atoms with Crippen molar-refractivity contribution < 1.29 is 19.1 Å². The van der Waals surface area contributed by atoms with Crippen molar-refractivity contribution in [1.29, 1.82) is 0 Å². The highest BCUT2D eigenvalue weighted by Crippen LogP contribution is 2.37. The van der Waals surface area contributed by atoms with E-state index in [9.17, 15) is 14.4 Å². The van der Waals surface area contributed by atoms with Gasteiger partial charge >= 0.3 is 5.97 Å². The summed E-state index contributed by atoms with van der Waals surface area (Å²) < 4.78 is 5.47. The van der Waals surface area contributed by atoms with Gasteiger partial charge in [-0.1, -0.05) is 38.1 Å². The van der Waals surface area contributed by atoms with Crippen LogP contribution in [-0.4, -0.2) is 29.2 Å². The molecule has 2 aromatic carbocycles. The average molecular weight is 389 g/mol. The van der Waals surface area contributed by atoms with Crippen molar-refractivity contribution in [2.75, 3.05) is 6.54 Å². The van der Waals surface area contributed by atoms with Crippen molar-refractivity contribution in [1.82, 2.24) is 4.90 Å². The van der Waals surface area contributed by atoms with E-state index in [2.05, 4.69) is 26.8 Å². The van der Waals surface area contributed by atoms with Gasteiger partial charge in [0.1, 0.15) is 5.75 Å². The third-order valence-corrected chi connectivity index (χ3v) is 5.41. The molecule has 4 rings (SSSR count). The molecule has 1 heterocycles. The van der Waals surface area contributed by atoms with Crippen molar-refractivity contribution >= 4 is 23.4 Å². The first-order valence-electron chi connectivity index (χ1n) is 9.74. The second-order valence-corrected chi connectivity index (χ2v) is 8.34. The first-order valence-corrected chi connectivity index (χ1v) is 9.74. The highest BCUT2D eigenvalue weighted by atomic mass is 16.5. The number of imide groups is 1. The lowest BCUT2D eigenvalue weighted by Crippen LogP contribution is -2.32. The van der Waals surface area contributed by atoms with Gasteiger partial charge in [0, 0.05) is 6.54 Å². The van der Waals surface area contributed by atoms with Crippen molar-refractivity contribution in [2.24, 2.45) is 5.41 Å². The minimum absolute atomic E-state index is 0.00321. The summed E-state index contributed by atoms with van der Waals surface area (Å²) in [6.45, 7) is 6.47. The lowest BCUT2D eigenvalue weighted by molar-refractivity contribution is -0.134. The van der Waals surface area contributed by atoms with E-state index in [1.54, 1.807) is 30.3 Å². The molecular weight excluding hydrogens is 366 g/mol. The molecule has 1 aliphatic carbocycles. The number of rotatable bonds is 4. The number of amides is 2. The number of fused-ring (bicyclic) bond motifs is 2. The van der Waals surface area contributed by atoms with Gasteiger partial charge in [-0.2, -0.15) is 0 Å². The molecule has 0 aromatic heterocycles.